The Morgan fingerprint density at radius 2 is 2.00 bits per heavy atom. The first-order chi connectivity index (χ1) is 13.1. The molecule has 4 rings (SSSR count). The molecule has 1 amide bonds. The molecule has 5 nitrogen and oxygen atoms in total. The number of likely N-dealkylation sites (tertiary alicyclic amines) is 1. The molecule has 2 heterocycles. The molecule has 27 heavy (non-hydrogen) atoms. The van der Waals surface area contributed by atoms with Crippen LogP contribution in [0.1, 0.15) is 28.5 Å². The number of aromatic amines is 1. The molecular weight excluding hydrogens is 340 g/mol. The van der Waals surface area contributed by atoms with Gasteiger partial charge in [0.1, 0.15) is 23.3 Å². The van der Waals surface area contributed by atoms with Crippen LogP contribution in [0.2, 0.25) is 0 Å². The van der Waals surface area contributed by atoms with Gasteiger partial charge in [0.15, 0.2) is 0 Å². The number of benzene rings is 2. The van der Waals surface area contributed by atoms with E-state index >= 15 is 0 Å². The summed E-state index contributed by atoms with van der Waals surface area (Å²) < 4.78 is 11.3. The van der Waals surface area contributed by atoms with Crippen molar-refractivity contribution in [1.82, 2.24) is 9.88 Å². The molecule has 2 aromatic carbocycles. The molecule has 0 atom stereocenters. The molecule has 1 aromatic heterocycles. The molecule has 1 saturated heterocycles. The van der Waals surface area contributed by atoms with Gasteiger partial charge in [-0.2, -0.15) is 0 Å². The van der Waals surface area contributed by atoms with Crippen LogP contribution < -0.4 is 9.47 Å². The number of amides is 1. The third-order valence-electron chi connectivity index (χ3n) is 5.22. The standard InChI is InChI=1S/C22H24N2O3/c1-4-15-6-5-7-17(10-15)27-18-12-24(13-18)22(25)21-14(2)19-11-16(26-3)8-9-20(19)23-21/h5-11,18,23H,4,12-13H2,1-3H3. The maximum Gasteiger partial charge on any atom is 0.270 e. The first-order valence-electron chi connectivity index (χ1n) is 9.30. The van der Waals surface area contributed by atoms with Gasteiger partial charge in [-0.15, -0.1) is 0 Å². The van der Waals surface area contributed by atoms with Crippen molar-refractivity contribution in [2.75, 3.05) is 20.2 Å². The fourth-order valence-electron chi connectivity index (χ4n) is 3.51. The van der Waals surface area contributed by atoms with Crippen molar-refractivity contribution in [2.24, 2.45) is 0 Å². The van der Waals surface area contributed by atoms with Crippen molar-refractivity contribution in [3.8, 4) is 11.5 Å². The Morgan fingerprint density at radius 3 is 2.74 bits per heavy atom. The zero-order chi connectivity index (χ0) is 19.0. The van der Waals surface area contributed by atoms with Crippen LogP contribution in [-0.4, -0.2) is 42.1 Å². The number of hydrogen-bond donors (Lipinski definition) is 1. The van der Waals surface area contributed by atoms with Gasteiger partial charge in [-0.1, -0.05) is 19.1 Å². The lowest BCUT2D eigenvalue weighted by molar-refractivity contribution is 0.0173. The van der Waals surface area contributed by atoms with Gasteiger partial charge in [0.05, 0.1) is 20.2 Å². The number of rotatable bonds is 5. The van der Waals surface area contributed by atoms with E-state index in [4.69, 9.17) is 9.47 Å². The molecule has 140 valence electrons. The van der Waals surface area contributed by atoms with Crippen molar-refractivity contribution >= 4 is 16.8 Å². The summed E-state index contributed by atoms with van der Waals surface area (Å²) >= 11 is 0. The number of nitrogens with zero attached hydrogens (tertiary/aromatic N) is 1. The molecule has 0 spiro atoms. The zero-order valence-corrected chi connectivity index (χ0v) is 15.9. The van der Waals surface area contributed by atoms with Crippen molar-refractivity contribution < 1.29 is 14.3 Å². The Balaban J connectivity index is 1.44. The average molecular weight is 364 g/mol. The Hall–Kier alpha value is -2.95. The van der Waals surface area contributed by atoms with E-state index in [1.807, 2.05) is 42.2 Å². The molecule has 3 aromatic rings. The Bertz CT molecular complexity index is 986. The molecule has 1 fully saturated rings. The number of fused-ring (bicyclic) bond motifs is 1. The quantitative estimate of drug-likeness (QED) is 0.746. The highest BCUT2D eigenvalue weighted by atomic mass is 16.5. The van der Waals surface area contributed by atoms with E-state index in [2.05, 4.69) is 24.0 Å². The van der Waals surface area contributed by atoms with E-state index in [1.165, 1.54) is 5.56 Å². The summed E-state index contributed by atoms with van der Waals surface area (Å²) in [4.78, 5) is 18.0. The molecule has 1 aliphatic heterocycles. The monoisotopic (exact) mass is 364 g/mol. The topological polar surface area (TPSA) is 54.6 Å². The second-order valence-electron chi connectivity index (χ2n) is 6.99. The number of aryl methyl sites for hydroxylation is 2. The second kappa shape index (κ2) is 6.99. The van der Waals surface area contributed by atoms with Crippen LogP contribution in [0, 0.1) is 6.92 Å². The van der Waals surface area contributed by atoms with Crippen LogP contribution in [-0.2, 0) is 6.42 Å². The number of carbonyl (C=O) groups is 1. The van der Waals surface area contributed by atoms with Crippen molar-refractivity contribution in [2.45, 2.75) is 26.4 Å². The van der Waals surface area contributed by atoms with Gasteiger partial charge in [-0.3, -0.25) is 4.79 Å². The molecular formula is C22H24N2O3. The lowest BCUT2D eigenvalue weighted by Crippen LogP contribution is -2.56. The van der Waals surface area contributed by atoms with Gasteiger partial charge < -0.3 is 19.4 Å². The SMILES string of the molecule is CCc1cccc(OC2CN(C(=O)c3[nH]c4ccc(OC)cc4c3C)C2)c1. The maximum absolute atomic E-state index is 12.9. The van der Waals surface area contributed by atoms with E-state index in [0.29, 0.717) is 18.8 Å². The zero-order valence-electron chi connectivity index (χ0n) is 15.9. The summed E-state index contributed by atoms with van der Waals surface area (Å²) in [6.45, 7) is 5.30. The lowest BCUT2D eigenvalue weighted by atomic mass is 10.1. The van der Waals surface area contributed by atoms with Crippen LogP contribution >= 0.6 is 0 Å². The number of H-pyrrole nitrogens is 1. The molecule has 0 saturated carbocycles. The predicted molar refractivity (Wildman–Crippen MR) is 106 cm³/mol. The third-order valence-corrected chi connectivity index (χ3v) is 5.22. The second-order valence-corrected chi connectivity index (χ2v) is 6.99. The first kappa shape index (κ1) is 17.5. The smallest absolute Gasteiger partial charge is 0.270 e. The number of hydrogen-bond acceptors (Lipinski definition) is 3. The van der Waals surface area contributed by atoms with Crippen LogP contribution in [0.25, 0.3) is 10.9 Å². The van der Waals surface area contributed by atoms with E-state index in [1.54, 1.807) is 7.11 Å². The molecule has 0 bridgehead atoms. The van der Waals surface area contributed by atoms with Crippen molar-refractivity contribution in [3.63, 3.8) is 0 Å². The highest BCUT2D eigenvalue weighted by Gasteiger charge is 2.34. The lowest BCUT2D eigenvalue weighted by Gasteiger charge is -2.38. The Kier molecular flexibility index (Phi) is 4.52. The molecule has 5 heteroatoms. The van der Waals surface area contributed by atoms with Crippen LogP contribution in [0.15, 0.2) is 42.5 Å². The minimum atomic E-state index is 0.0184. The minimum absolute atomic E-state index is 0.0184. The van der Waals surface area contributed by atoms with E-state index in [9.17, 15) is 4.79 Å². The van der Waals surface area contributed by atoms with E-state index < -0.39 is 0 Å². The summed E-state index contributed by atoms with van der Waals surface area (Å²) in [5.74, 6) is 1.68. The van der Waals surface area contributed by atoms with Crippen LogP contribution in [0.3, 0.4) is 0 Å². The molecule has 1 aliphatic rings. The van der Waals surface area contributed by atoms with Gasteiger partial charge in [0.25, 0.3) is 5.91 Å². The summed E-state index contributed by atoms with van der Waals surface area (Å²) in [5, 5.41) is 1.02. The number of carbonyl (C=O) groups excluding carboxylic acids is 1. The molecule has 1 N–H and O–H groups in total. The van der Waals surface area contributed by atoms with Crippen molar-refractivity contribution in [3.05, 3.63) is 59.3 Å². The summed E-state index contributed by atoms with van der Waals surface area (Å²) in [5.41, 5.74) is 3.80. The third kappa shape index (κ3) is 3.25. The van der Waals surface area contributed by atoms with Gasteiger partial charge in [0.2, 0.25) is 0 Å². The van der Waals surface area contributed by atoms with E-state index in [0.717, 1.165) is 34.4 Å². The maximum atomic E-state index is 12.9. The van der Waals surface area contributed by atoms with E-state index in [-0.39, 0.29) is 12.0 Å². The number of methoxy groups -OCH3 is 1. The first-order valence-corrected chi connectivity index (χ1v) is 9.30. The fraction of sp³-hybridized carbons (Fsp3) is 0.318. The summed E-state index contributed by atoms with van der Waals surface area (Å²) in [6, 6.07) is 13.9. The molecule has 0 unspecified atom stereocenters. The highest BCUT2D eigenvalue weighted by molar-refractivity contribution is 6.01. The van der Waals surface area contributed by atoms with Gasteiger partial charge >= 0.3 is 0 Å². The Morgan fingerprint density at radius 1 is 1.19 bits per heavy atom. The normalized spacial score (nSPS) is 14.3. The highest BCUT2D eigenvalue weighted by Crippen LogP contribution is 2.28. The van der Waals surface area contributed by atoms with Crippen LogP contribution in [0.5, 0.6) is 11.5 Å². The summed E-state index contributed by atoms with van der Waals surface area (Å²) in [6.07, 6.45) is 1.03. The summed E-state index contributed by atoms with van der Waals surface area (Å²) in [7, 11) is 1.64. The minimum Gasteiger partial charge on any atom is -0.497 e. The average Bonchev–Trinajstić information content (AvgIpc) is 3.00. The molecule has 0 radical (unpaired) electrons. The fourth-order valence-corrected chi connectivity index (χ4v) is 3.51. The predicted octanol–water partition coefficient (Wildman–Crippen LogP) is 3.95. The van der Waals surface area contributed by atoms with Gasteiger partial charge in [-0.05, 0) is 54.8 Å². The molecule has 0 aliphatic carbocycles. The number of aromatic nitrogens is 1. The number of ether oxygens (including phenoxy) is 2. The van der Waals surface area contributed by atoms with Gasteiger partial charge in [-0.25, -0.2) is 0 Å². The largest absolute Gasteiger partial charge is 0.497 e. The van der Waals surface area contributed by atoms with Crippen molar-refractivity contribution in [1.29, 1.82) is 0 Å². The van der Waals surface area contributed by atoms with Gasteiger partial charge in [0, 0.05) is 10.9 Å². The Labute approximate surface area is 158 Å². The number of nitrogens with one attached hydrogen (secondary N) is 1. The van der Waals surface area contributed by atoms with Crippen LogP contribution in [0.4, 0.5) is 0 Å².